The van der Waals surface area contributed by atoms with Crippen molar-refractivity contribution in [2.45, 2.75) is 12.7 Å². The minimum absolute atomic E-state index is 0.0189. The Morgan fingerprint density at radius 1 is 1.35 bits per heavy atom. The smallest absolute Gasteiger partial charge is 0.212 e. The number of hydrogen-bond acceptors (Lipinski definition) is 3. The third-order valence-electron chi connectivity index (χ3n) is 2.50. The lowest BCUT2D eigenvalue weighted by molar-refractivity contribution is 0.481. The van der Waals surface area contributed by atoms with Crippen LogP contribution < -0.4 is 0 Å². The predicted octanol–water partition coefficient (Wildman–Crippen LogP) is 1.35. The maximum Gasteiger partial charge on any atom is 0.220 e. The Bertz CT molecular complexity index is 713. The van der Waals surface area contributed by atoms with Crippen LogP contribution in [0.3, 0.4) is 0 Å². The standard InChI is InChI=1S/C15H14N2O2S/c1-3-5-10-17(9-4-2)20(18,19)13-15-8-6-7-14(11-15)12-16/h2,6-8,11H,9-10,13H2,1H3. The number of terminal acetylenes is 1. The molecule has 1 rings (SSSR count). The lowest BCUT2D eigenvalue weighted by Gasteiger charge is -2.17. The molecule has 20 heavy (non-hydrogen) atoms. The summed E-state index contributed by atoms with van der Waals surface area (Å²) < 4.78 is 25.7. The van der Waals surface area contributed by atoms with Crippen LogP contribution in [0.25, 0.3) is 0 Å². The van der Waals surface area contributed by atoms with Crippen LogP contribution >= 0.6 is 0 Å². The molecule has 0 heterocycles. The summed E-state index contributed by atoms with van der Waals surface area (Å²) >= 11 is 0. The van der Waals surface area contributed by atoms with Gasteiger partial charge in [0.1, 0.15) is 0 Å². The van der Waals surface area contributed by atoms with Gasteiger partial charge in [0.15, 0.2) is 0 Å². The second kappa shape index (κ2) is 7.36. The van der Waals surface area contributed by atoms with Gasteiger partial charge < -0.3 is 0 Å². The Kier molecular flexibility index (Phi) is 5.81. The summed E-state index contributed by atoms with van der Waals surface area (Å²) in [4.78, 5) is 0. The van der Waals surface area contributed by atoms with E-state index in [-0.39, 0.29) is 18.8 Å². The molecule has 1 aromatic rings. The first kappa shape index (κ1) is 15.8. The molecule has 0 saturated carbocycles. The number of nitrogens with zero attached hydrogens (tertiary/aromatic N) is 2. The molecule has 0 aliphatic carbocycles. The van der Waals surface area contributed by atoms with E-state index in [1.165, 1.54) is 0 Å². The number of rotatable bonds is 5. The van der Waals surface area contributed by atoms with Crippen molar-refractivity contribution in [1.82, 2.24) is 4.31 Å². The molecular formula is C15H14N2O2S. The topological polar surface area (TPSA) is 61.2 Å². The molecule has 0 radical (unpaired) electrons. The van der Waals surface area contributed by atoms with Gasteiger partial charge >= 0.3 is 0 Å². The molecule has 0 N–H and O–H groups in total. The fourth-order valence-corrected chi connectivity index (χ4v) is 2.87. The Hall–Kier alpha value is -2.26. The minimum Gasteiger partial charge on any atom is -0.212 e. The van der Waals surface area contributed by atoms with E-state index >= 15 is 0 Å². The fourth-order valence-electron chi connectivity index (χ4n) is 1.55. The van der Waals surface area contributed by atoms with Gasteiger partial charge in [-0.05, 0) is 24.6 Å². The van der Waals surface area contributed by atoms with Gasteiger partial charge in [0.05, 0.1) is 30.5 Å². The van der Waals surface area contributed by atoms with Crippen molar-refractivity contribution in [3.8, 4) is 30.3 Å². The lowest BCUT2D eigenvalue weighted by atomic mass is 10.2. The normalized spacial score (nSPS) is 10.2. The van der Waals surface area contributed by atoms with Crippen LogP contribution in [0.4, 0.5) is 0 Å². The number of benzene rings is 1. The first-order valence-corrected chi connectivity index (χ1v) is 7.44. The van der Waals surface area contributed by atoms with Crippen molar-refractivity contribution in [2.75, 3.05) is 13.1 Å². The zero-order valence-corrected chi connectivity index (χ0v) is 11.9. The Balaban J connectivity index is 2.98. The van der Waals surface area contributed by atoms with E-state index in [4.69, 9.17) is 11.7 Å². The highest BCUT2D eigenvalue weighted by Crippen LogP contribution is 2.12. The lowest BCUT2D eigenvalue weighted by Crippen LogP contribution is -2.33. The average Bonchev–Trinajstić information content (AvgIpc) is 2.43. The van der Waals surface area contributed by atoms with Crippen molar-refractivity contribution in [1.29, 1.82) is 5.26 Å². The predicted molar refractivity (Wildman–Crippen MR) is 77.6 cm³/mol. The van der Waals surface area contributed by atoms with E-state index in [1.54, 1.807) is 31.2 Å². The molecule has 0 fully saturated rings. The first-order chi connectivity index (χ1) is 9.53. The Labute approximate surface area is 120 Å². The number of sulfonamides is 1. The van der Waals surface area contributed by atoms with Crippen LogP contribution in [0, 0.1) is 35.5 Å². The molecule has 102 valence electrons. The molecule has 0 spiro atoms. The molecule has 5 heteroatoms. The van der Waals surface area contributed by atoms with E-state index in [0.29, 0.717) is 11.1 Å². The highest BCUT2D eigenvalue weighted by atomic mass is 32.2. The minimum atomic E-state index is -3.56. The maximum absolute atomic E-state index is 12.3. The molecule has 0 aliphatic heterocycles. The summed E-state index contributed by atoms with van der Waals surface area (Å²) in [7, 11) is -3.56. The van der Waals surface area contributed by atoms with Gasteiger partial charge in [-0.2, -0.15) is 9.57 Å². The molecule has 0 aromatic heterocycles. The van der Waals surface area contributed by atoms with Gasteiger partial charge in [-0.1, -0.05) is 24.0 Å². The van der Waals surface area contributed by atoms with Crippen molar-refractivity contribution in [3.63, 3.8) is 0 Å². The largest absolute Gasteiger partial charge is 0.220 e. The molecule has 0 bridgehead atoms. The third-order valence-corrected chi connectivity index (χ3v) is 4.24. The molecule has 0 aliphatic rings. The van der Waals surface area contributed by atoms with Crippen LogP contribution in [0.1, 0.15) is 18.1 Å². The molecular weight excluding hydrogens is 272 g/mol. The van der Waals surface area contributed by atoms with Gasteiger partial charge in [0.2, 0.25) is 10.0 Å². The zero-order valence-electron chi connectivity index (χ0n) is 11.1. The molecule has 0 unspecified atom stereocenters. The summed E-state index contributed by atoms with van der Waals surface area (Å²) in [6, 6.07) is 8.47. The van der Waals surface area contributed by atoms with Crippen molar-refractivity contribution in [2.24, 2.45) is 0 Å². The van der Waals surface area contributed by atoms with Crippen molar-refractivity contribution >= 4 is 10.0 Å². The van der Waals surface area contributed by atoms with Crippen LogP contribution in [0.2, 0.25) is 0 Å². The Morgan fingerprint density at radius 2 is 2.10 bits per heavy atom. The highest BCUT2D eigenvalue weighted by molar-refractivity contribution is 7.88. The summed E-state index contributed by atoms with van der Waals surface area (Å²) in [6.07, 6.45) is 5.19. The van der Waals surface area contributed by atoms with Gasteiger partial charge in [-0.25, -0.2) is 8.42 Å². The highest BCUT2D eigenvalue weighted by Gasteiger charge is 2.21. The third kappa shape index (κ3) is 4.44. The SMILES string of the molecule is C#CCN(CC#CC)S(=O)(=O)Cc1cccc(C#N)c1. The number of nitriles is 1. The quantitative estimate of drug-likeness (QED) is 0.768. The van der Waals surface area contributed by atoms with Gasteiger partial charge in [0.25, 0.3) is 0 Å². The maximum atomic E-state index is 12.3. The Morgan fingerprint density at radius 3 is 2.70 bits per heavy atom. The van der Waals surface area contributed by atoms with Crippen LogP contribution in [0.5, 0.6) is 0 Å². The molecule has 0 saturated heterocycles. The van der Waals surface area contributed by atoms with Crippen LogP contribution in [-0.4, -0.2) is 25.8 Å². The van der Waals surface area contributed by atoms with Gasteiger partial charge in [-0.3, -0.25) is 0 Å². The van der Waals surface area contributed by atoms with E-state index in [9.17, 15) is 8.42 Å². The van der Waals surface area contributed by atoms with Crippen LogP contribution in [-0.2, 0) is 15.8 Å². The van der Waals surface area contributed by atoms with E-state index < -0.39 is 10.0 Å². The number of hydrogen-bond donors (Lipinski definition) is 0. The van der Waals surface area contributed by atoms with Gasteiger partial charge in [0, 0.05) is 0 Å². The average molecular weight is 286 g/mol. The van der Waals surface area contributed by atoms with Crippen molar-refractivity contribution in [3.05, 3.63) is 35.4 Å². The molecule has 1 aromatic carbocycles. The van der Waals surface area contributed by atoms with E-state index in [2.05, 4.69) is 17.8 Å². The van der Waals surface area contributed by atoms with Crippen molar-refractivity contribution < 1.29 is 8.42 Å². The van der Waals surface area contributed by atoms with Crippen LogP contribution in [0.15, 0.2) is 24.3 Å². The summed E-state index contributed by atoms with van der Waals surface area (Å²) in [5.41, 5.74) is 0.977. The van der Waals surface area contributed by atoms with E-state index in [1.807, 2.05) is 6.07 Å². The molecule has 0 amide bonds. The monoisotopic (exact) mass is 286 g/mol. The second-order valence-corrected chi connectivity index (χ2v) is 5.94. The van der Waals surface area contributed by atoms with Gasteiger partial charge in [-0.15, -0.1) is 12.3 Å². The fraction of sp³-hybridized carbons (Fsp3) is 0.267. The summed E-state index contributed by atoms with van der Waals surface area (Å²) in [5, 5.41) is 8.82. The summed E-state index contributed by atoms with van der Waals surface area (Å²) in [6.45, 7) is 1.69. The second-order valence-electron chi connectivity index (χ2n) is 3.97. The zero-order chi connectivity index (χ0) is 15.0. The molecule has 4 nitrogen and oxygen atoms in total. The van der Waals surface area contributed by atoms with E-state index in [0.717, 1.165) is 4.31 Å². The summed E-state index contributed by atoms with van der Waals surface area (Å²) in [5.74, 6) is 7.46. The molecule has 0 atom stereocenters. The first-order valence-electron chi connectivity index (χ1n) is 5.83.